The Morgan fingerprint density at radius 2 is 2.24 bits per heavy atom. The molecule has 0 bridgehead atoms. The normalized spacial score (nSPS) is 14.0. The Kier molecular flexibility index (Phi) is 3.36. The number of anilines is 1. The second-order valence-corrected chi connectivity index (χ2v) is 4.60. The highest BCUT2D eigenvalue weighted by atomic mass is 16.5. The summed E-state index contributed by atoms with van der Waals surface area (Å²) in [6.45, 7) is 7.67. The van der Waals surface area contributed by atoms with E-state index in [1.165, 1.54) is 11.3 Å². The van der Waals surface area contributed by atoms with Crippen molar-refractivity contribution in [3.63, 3.8) is 0 Å². The van der Waals surface area contributed by atoms with Crippen LogP contribution in [-0.2, 0) is 11.2 Å². The number of fused-ring (bicyclic) bond motifs is 1. The molecule has 3 nitrogen and oxygen atoms in total. The summed E-state index contributed by atoms with van der Waals surface area (Å²) in [7, 11) is 0. The minimum absolute atomic E-state index is 0.224. The fourth-order valence-corrected chi connectivity index (χ4v) is 2.31. The summed E-state index contributed by atoms with van der Waals surface area (Å²) in [5.74, 6) is -0.224. The zero-order chi connectivity index (χ0) is 12.4. The molecule has 1 heterocycles. The number of rotatable bonds is 3. The molecular formula is C14H19NO2. The van der Waals surface area contributed by atoms with E-state index in [0.717, 1.165) is 13.0 Å². The summed E-state index contributed by atoms with van der Waals surface area (Å²) in [4.78, 5) is 14.0. The van der Waals surface area contributed by atoms with Crippen LogP contribution in [-0.4, -0.2) is 25.2 Å². The Morgan fingerprint density at radius 3 is 2.88 bits per heavy atom. The first-order valence-electron chi connectivity index (χ1n) is 6.20. The maximum atomic E-state index is 11.6. The van der Waals surface area contributed by atoms with Crippen LogP contribution >= 0.6 is 0 Å². The van der Waals surface area contributed by atoms with Gasteiger partial charge in [-0.2, -0.15) is 0 Å². The number of esters is 1. The van der Waals surface area contributed by atoms with Gasteiger partial charge in [-0.3, -0.25) is 0 Å². The second kappa shape index (κ2) is 4.78. The Bertz CT molecular complexity index is 426. The van der Waals surface area contributed by atoms with Gasteiger partial charge in [-0.15, -0.1) is 0 Å². The predicted molar refractivity (Wildman–Crippen MR) is 68.6 cm³/mol. The SMILES string of the molecule is CCOC(=O)c1ccc2c(c1)CCN2C(C)C. The zero-order valence-electron chi connectivity index (χ0n) is 10.7. The number of carbonyl (C=O) groups is 1. The molecule has 1 aliphatic rings. The van der Waals surface area contributed by atoms with Crippen molar-refractivity contribution < 1.29 is 9.53 Å². The van der Waals surface area contributed by atoms with E-state index >= 15 is 0 Å². The quantitative estimate of drug-likeness (QED) is 0.752. The van der Waals surface area contributed by atoms with Gasteiger partial charge in [-0.1, -0.05) is 0 Å². The van der Waals surface area contributed by atoms with Crippen LogP contribution < -0.4 is 4.90 Å². The lowest BCUT2D eigenvalue weighted by atomic mass is 10.1. The van der Waals surface area contributed by atoms with Gasteiger partial charge in [-0.25, -0.2) is 4.79 Å². The molecule has 0 amide bonds. The summed E-state index contributed by atoms with van der Waals surface area (Å²) in [5, 5.41) is 0. The summed E-state index contributed by atoms with van der Waals surface area (Å²) in [6.07, 6.45) is 1.01. The third-order valence-corrected chi connectivity index (χ3v) is 3.15. The molecule has 0 saturated carbocycles. The lowest BCUT2D eigenvalue weighted by Crippen LogP contribution is -2.28. The summed E-state index contributed by atoms with van der Waals surface area (Å²) < 4.78 is 5.01. The highest BCUT2D eigenvalue weighted by Gasteiger charge is 2.22. The minimum Gasteiger partial charge on any atom is -0.462 e. The van der Waals surface area contributed by atoms with E-state index in [0.29, 0.717) is 18.2 Å². The van der Waals surface area contributed by atoms with E-state index in [1.54, 1.807) is 0 Å². The van der Waals surface area contributed by atoms with Crippen LogP contribution in [0.25, 0.3) is 0 Å². The van der Waals surface area contributed by atoms with E-state index in [1.807, 2.05) is 25.1 Å². The van der Waals surface area contributed by atoms with Gasteiger partial charge in [0.15, 0.2) is 0 Å². The summed E-state index contributed by atoms with van der Waals surface area (Å²) >= 11 is 0. The second-order valence-electron chi connectivity index (χ2n) is 4.60. The maximum absolute atomic E-state index is 11.6. The van der Waals surface area contributed by atoms with Crippen molar-refractivity contribution in [3.8, 4) is 0 Å². The third kappa shape index (κ3) is 2.28. The van der Waals surface area contributed by atoms with E-state index < -0.39 is 0 Å². The molecule has 0 fully saturated rings. The number of nitrogens with zero attached hydrogens (tertiary/aromatic N) is 1. The number of ether oxygens (including phenoxy) is 1. The van der Waals surface area contributed by atoms with Crippen LogP contribution in [0.15, 0.2) is 18.2 Å². The molecule has 0 aliphatic carbocycles. The third-order valence-electron chi connectivity index (χ3n) is 3.15. The van der Waals surface area contributed by atoms with Gasteiger partial charge in [0, 0.05) is 18.3 Å². The van der Waals surface area contributed by atoms with E-state index in [-0.39, 0.29) is 5.97 Å². The molecule has 1 aliphatic heterocycles. The molecule has 3 heteroatoms. The zero-order valence-corrected chi connectivity index (χ0v) is 10.7. The average molecular weight is 233 g/mol. The molecule has 0 saturated heterocycles. The molecule has 17 heavy (non-hydrogen) atoms. The maximum Gasteiger partial charge on any atom is 0.338 e. The molecule has 0 atom stereocenters. The van der Waals surface area contributed by atoms with E-state index in [2.05, 4.69) is 18.7 Å². The number of hydrogen-bond acceptors (Lipinski definition) is 3. The van der Waals surface area contributed by atoms with Crippen molar-refractivity contribution in [2.45, 2.75) is 33.2 Å². The average Bonchev–Trinajstić information content (AvgIpc) is 2.71. The van der Waals surface area contributed by atoms with Crippen LogP contribution in [0.2, 0.25) is 0 Å². The molecule has 0 unspecified atom stereocenters. The first kappa shape index (κ1) is 12.0. The van der Waals surface area contributed by atoms with Gasteiger partial charge >= 0.3 is 5.97 Å². The molecule has 0 radical (unpaired) electrons. The lowest BCUT2D eigenvalue weighted by molar-refractivity contribution is 0.0526. The summed E-state index contributed by atoms with van der Waals surface area (Å²) in [6, 6.07) is 6.37. The molecule has 0 aromatic heterocycles. The topological polar surface area (TPSA) is 29.5 Å². The van der Waals surface area contributed by atoms with Crippen molar-refractivity contribution >= 4 is 11.7 Å². The monoisotopic (exact) mass is 233 g/mol. The lowest BCUT2D eigenvalue weighted by Gasteiger charge is -2.23. The van der Waals surface area contributed by atoms with Gasteiger partial charge in [0.25, 0.3) is 0 Å². The van der Waals surface area contributed by atoms with Gasteiger partial charge in [0.05, 0.1) is 12.2 Å². The van der Waals surface area contributed by atoms with Crippen LogP contribution in [0.5, 0.6) is 0 Å². The number of benzene rings is 1. The molecule has 0 N–H and O–H groups in total. The van der Waals surface area contributed by atoms with Crippen molar-refractivity contribution in [3.05, 3.63) is 29.3 Å². The van der Waals surface area contributed by atoms with Crippen LogP contribution in [0.4, 0.5) is 5.69 Å². The highest BCUT2D eigenvalue weighted by Crippen LogP contribution is 2.30. The Balaban J connectivity index is 2.25. The largest absolute Gasteiger partial charge is 0.462 e. The Hall–Kier alpha value is -1.51. The first-order chi connectivity index (χ1) is 8.13. The molecule has 2 rings (SSSR count). The van der Waals surface area contributed by atoms with Gasteiger partial charge in [0.1, 0.15) is 0 Å². The Labute approximate surface area is 102 Å². The first-order valence-corrected chi connectivity index (χ1v) is 6.20. The van der Waals surface area contributed by atoms with Crippen LogP contribution in [0.1, 0.15) is 36.7 Å². The smallest absolute Gasteiger partial charge is 0.338 e. The van der Waals surface area contributed by atoms with Crippen molar-refractivity contribution in [1.29, 1.82) is 0 Å². The molecule has 0 spiro atoms. The minimum atomic E-state index is -0.224. The standard InChI is InChI=1S/C14H19NO2/c1-4-17-14(16)12-5-6-13-11(9-12)7-8-15(13)10(2)3/h5-6,9-10H,4,7-8H2,1-3H3. The van der Waals surface area contributed by atoms with Crippen LogP contribution in [0, 0.1) is 0 Å². The van der Waals surface area contributed by atoms with Gasteiger partial charge in [0.2, 0.25) is 0 Å². The van der Waals surface area contributed by atoms with Crippen molar-refractivity contribution in [1.82, 2.24) is 0 Å². The molecule has 92 valence electrons. The van der Waals surface area contributed by atoms with Gasteiger partial charge in [-0.05, 0) is 51.0 Å². The molecule has 1 aromatic carbocycles. The number of hydrogen-bond donors (Lipinski definition) is 0. The molecular weight excluding hydrogens is 214 g/mol. The highest BCUT2D eigenvalue weighted by molar-refractivity contribution is 5.90. The fourth-order valence-electron chi connectivity index (χ4n) is 2.31. The van der Waals surface area contributed by atoms with Crippen molar-refractivity contribution in [2.75, 3.05) is 18.1 Å². The van der Waals surface area contributed by atoms with E-state index in [4.69, 9.17) is 4.74 Å². The number of carbonyl (C=O) groups excluding carboxylic acids is 1. The van der Waals surface area contributed by atoms with Crippen LogP contribution in [0.3, 0.4) is 0 Å². The van der Waals surface area contributed by atoms with E-state index in [9.17, 15) is 4.79 Å². The van der Waals surface area contributed by atoms with Crippen molar-refractivity contribution in [2.24, 2.45) is 0 Å². The Morgan fingerprint density at radius 1 is 1.47 bits per heavy atom. The van der Waals surface area contributed by atoms with Gasteiger partial charge < -0.3 is 9.64 Å². The predicted octanol–water partition coefficient (Wildman–Crippen LogP) is 2.63. The summed E-state index contributed by atoms with van der Waals surface area (Å²) in [5.41, 5.74) is 3.17. The molecule has 1 aromatic rings. The fraction of sp³-hybridized carbons (Fsp3) is 0.500.